The SMILES string of the molecule is COc1ncc(C(F)(F)F)c(CC(=O)O)c1OC(F)(F)F. The summed E-state index contributed by atoms with van der Waals surface area (Å²) < 4.78 is 82.8. The van der Waals surface area contributed by atoms with E-state index in [9.17, 15) is 31.1 Å². The molecule has 0 amide bonds. The van der Waals surface area contributed by atoms with Crippen molar-refractivity contribution in [3.05, 3.63) is 17.3 Å². The average Bonchev–Trinajstić information content (AvgIpc) is 2.27. The normalized spacial score (nSPS) is 12.1. The van der Waals surface area contributed by atoms with Crippen LogP contribution in [0.4, 0.5) is 26.3 Å². The van der Waals surface area contributed by atoms with Crippen LogP contribution in [-0.4, -0.2) is 29.5 Å². The lowest BCUT2D eigenvalue weighted by Crippen LogP contribution is -2.22. The van der Waals surface area contributed by atoms with Crippen molar-refractivity contribution in [3.63, 3.8) is 0 Å². The number of ether oxygens (including phenoxy) is 2. The monoisotopic (exact) mass is 319 g/mol. The zero-order chi connectivity index (χ0) is 16.4. The molecule has 21 heavy (non-hydrogen) atoms. The zero-order valence-electron chi connectivity index (χ0n) is 10.2. The highest BCUT2D eigenvalue weighted by atomic mass is 19.4. The topological polar surface area (TPSA) is 68.7 Å². The molecule has 1 N–H and O–H groups in total. The Morgan fingerprint density at radius 3 is 2.24 bits per heavy atom. The second-order valence-electron chi connectivity index (χ2n) is 3.60. The van der Waals surface area contributed by atoms with Crippen molar-refractivity contribution in [1.82, 2.24) is 4.98 Å². The van der Waals surface area contributed by atoms with Crippen molar-refractivity contribution in [2.45, 2.75) is 19.0 Å². The lowest BCUT2D eigenvalue weighted by atomic mass is 10.1. The van der Waals surface area contributed by atoms with E-state index in [-0.39, 0.29) is 6.20 Å². The van der Waals surface area contributed by atoms with Gasteiger partial charge in [0.25, 0.3) is 5.88 Å². The van der Waals surface area contributed by atoms with Gasteiger partial charge in [0, 0.05) is 11.8 Å². The molecule has 1 aromatic rings. The van der Waals surface area contributed by atoms with Crippen LogP contribution in [0.15, 0.2) is 6.20 Å². The summed E-state index contributed by atoms with van der Waals surface area (Å²) in [6.45, 7) is 0. The van der Waals surface area contributed by atoms with E-state index in [0.717, 1.165) is 7.11 Å². The number of hydrogen-bond acceptors (Lipinski definition) is 4. The Balaban J connectivity index is 3.57. The number of alkyl halides is 6. The molecule has 1 aromatic heterocycles. The molecule has 0 fully saturated rings. The molecule has 5 nitrogen and oxygen atoms in total. The standard InChI is InChI=1S/C10H7F6NO4/c1-20-8-7(21-10(14,15)16)4(2-6(18)19)5(3-17-8)9(11,12)13/h3H,2H2,1H3,(H,18,19). The van der Waals surface area contributed by atoms with Crippen LogP contribution in [0, 0.1) is 0 Å². The van der Waals surface area contributed by atoms with Crippen LogP contribution >= 0.6 is 0 Å². The van der Waals surface area contributed by atoms with Crippen molar-refractivity contribution in [3.8, 4) is 11.6 Å². The number of hydrogen-bond donors (Lipinski definition) is 1. The van der Waals surface area contributed by atoms with E-state index in [1.165, 1.54) is 0 Å². The summed E-state index contributed by atoms with van der Waals surface area (Å²) in [7, 11) is 0.851. The van der Waals surface area contributed by atoms with Gasteiger partial charge in [0.05, 0.1) is 19.1 Å². The summed E-state index contributed by atoms with van der Waals surface area (Å²) in [5.41, 5.74) is -2.87. The van der Waals surface area contributed by atoms with Gasteiger partial charge in [0.15, 0.2) is 5.75 Å². The van der Waals surface area contributed by atoms with Crippen LogP contribution in [0.5, 0.6) is 11.6 Å². The quantitative estimate of drug-likeness (QED) is 0.864. The van der Waals surface area contributed by atoms with Crippen LogP contribution in [0.3, 0.4) is 0 Å². The molecule has 0 unspecified atom stereocenters. The van der Waals surface area contributed by atoms with Crippen LogP contribution < -0.4 is 9.47 Å². The fourth-order valence-electron chi connectivity index (χ4n) is 1.45. The predicted molar refractivity (Wildman–Crippen MR) is 53.8 cm³/mol. The molecule has 0 aromatic carbocycles. The van der Waals surface area contributed by atoms with E-state index in [0.29, 0.717) is 0 Å². The molecule has 1 heterocycles. The van der Waals surface area contributed by atoms with Gasteiger partial charge in [-0.25, -0.2) is 4.98 Å². The third-order valence-corrected chi connectivity index (χ3v) is 2.15. The van der Waals surface area contributed by atoms with Crippen molar-refractivity contribution < 1.29 is 45.7 Å². The molecule has 0 bridgehead atoms. The number of rotatable bonds is 4. The van der Waals surface area contributed by atoms with Crippen molar-refractivity contribution in [1.29, 1.82) is 0 Å². The Morgan fingerprint density at radius 2 is 1.86 bits per heavy atom. The second kappa shape index (κ2) is 5.66. The van der Waals surface area contributed by atoms with Gasteiger partial charge in [0.2, 0.25) is 0 Å². The zero-order valence-corrected chi connectivity index (χ0v) is 10.2. The Morgan fingerprint density at radius 1 is 1.29 bits per heavy atom. The van der Waals surface area contributed by atoms with Gasteiger partial charge in [-0.1, -0.05) is 0 Å². The lowest BCUT2D eigenvalue weighted by molar-refractivity contribution is -0.275. The molecule has 1 rings (SSSR count). The number of halogens is 6. The summed E-state index contributed by atoms with van der Waals surface area (Å²) in [6, 6.07) is 0. The average molecular weight is 319 g/mol. The first-order chi connectivity index (χ1) is 9.45. The third kappa shape index (κ3) is 4.39. The summed E-state index contributed by atoms with van der Waals surface area (Å²) in [5.74, 6) is -4.11. The molecule has 0 aliphatic carbocycles. The van der Waals surface area contributed by atoms with Crippen LogP contribution in [0.2, 0.25) is 0 Å². The fraction of sp³-hybridized carbons (Fsp3) is 0.400. The van der Waals surface area contributed by atoms with Gasteiger partial charge >= 0.3 is 18.5 Å². The number of aliphatic carboxylic acids is 1. The van der Waals surface area contributed by atoms with Gasteiger partial charge < -0.3 is 14.6 Å². The maximum atomic E-state index is 12.7. The molecular weight excluding hydrogens is 312 g/mol. The maximum absolute atomic E-state index is 12.7. The van der Waals surface area contributed by atoms with E-state index < -0.39 is 47.7 Å². The van der Waals surface area contributed by atoms with Gasteiger partial charge in [-0.15, -0.1) is 13.2 Å². The summed E-state index contributed by atoms with van der Waals surface area (Å²) in [6.07, 6.45) is -11.6. The number of carbonyl (C=O) groups is 1. The van der Waals surface area contributed by atoms with Crippen molar-refractivity contribution in [2.75, 3.05) is 7.11 Å². The molecule has 0 aliphatic rings. The second-order valence-corrected chi connectivity index (χ2v) is 3.60. The highest BCUT2D eigenvalue weighted by Gasteiger charge is 2.40. The van der Waals surface area contributed by atoms with Crippen molar-refractivity contribution in [2.24, 2.45) is 0 Å². The van der Waals surface area contributed by atoms with E-state index in [1.807, 2.05) is 0 Å². The number of aromatic nitrogens is 1. The molecule has 0 aliphatic heterocycles. The van der Waals surface area contributed by atoms with Crippen LogP contribution in [-0.2, 0) is 17.4 Å². The highest BCUT2D eigenvalue weighted by molar-refractivity contribution is 5.72. The Kier molecular flexibility index (Phi) is 4.54. The molecule has 118 valence electrons. The van der Waals surface area contributed by atoms with Gasteiger partial charge in [0.1, 0.15) is 0 Å². The Hall–Kier alpha value is -2.20. The molecule has 0 saturated carbocycles. The number of carboxylic acids is 1. The van der Waals surface area contributed by atoms with E-state index in [1.54, 1.807) is 0 Å². The van der Waals surface area contributed by atoms with E-state index in [2.05, 4.69) is 14.5 Å². The van der Waals surface area contributed by atoms with Crippen molar-refractivity contribution >= 4 is 5.97 Å². The van der Waals surface area contributed by atoms with Crippen LogP contribution in [0.25, 0.3) is 0 Å². The fourth-order valence-corrected chi connectivity index (χ4v) is 1.45. The van der Waals surface area contributed by atoms with Gasteiger partial charge in [-0.3, -0.25) is 4.79 Å². The maximum Gasteiger partial charge on any atom is 0.573 e. The minimum atomic E-state index is -5.34. The lowest BCUT2D eigenvalue weighted by Gasteiger charge is -2.18. The first-order valence-electron chi connectivity index (χ1n) is 5.06. The molecule has 0 atom stereocenters. The summed E-state index contributed by atoms with van der Waals surface area (Å²) in [4.78, 5) is 13.7. The minimum Gasteiger partial charge on any atom is -0.481 e. The third-order valence-electron chi connectivity index (χ3n) is 2.15. The largest absolute Gasteiger partial charge is 0.573 e. The van der Waals surface area contributed by atoms with E-state index >= 15 is 0 Å². The smallest absolute Gasteiger partial charge is 0.481 e. The highest BCUT2D eigenvalue weighted by Crippen LogP contribution is 2.41. The van der Waals surface area contributed by atoms with Gasteiger partial charge in [-0.2, -0.15) is 13.2 Å². The molecule has 0 saturated heterocycles. The van der Waals surface area contributed by atoms with Crippen LogP contribution in [0.1, 0.15) is 11.1 Å². The van der Waals surface area contributed by atoms with E-state index in [4.69, 9.17) is 5.11 Å². The Bertz CT molecular complexity index is 540. The number of pyridine rings is 1. The molecule has 0 radical (unpaired) electrons. The molecular formula is C10H7F6NO4. The number of carboxylic acid groups (broad SMARTS) is 1. The minimum absolute atomic E-state index is 0.181. The Labute approximate surface area is 113 Å². The van der Waals surface area contributed by atoms with Gasteiger partial charge in [-0.05, 0) is 0 Å². The first kappa shape index (κ1) is 16.9. The summed E-state index contributed by atoms with van der Waals surface area (Å²) in [5, 5.41) is 8.58. The molecule has 11 heteroatoms. The number of nitrogens with zero attached hydrogens (tertiary/aromatic N) is 1. The summed E-state index contributed by atoms with van der Waals surface area (Å²) >= 11 is 0. The predicted octanol–water partition coefficient (Wildman–Crippen LogP) is 2.63. The molecule has 0 spiro atoms. The number of methoxy groups -OCH3 is 1. The first-order valence-corrected chi connectivity index (χ1v) is 5.06.